The third-order valence-corrected chi connectivity index (χ3v) is 4.90. The largest absolute Gasteiger partial charge is 0.399 e. The van der Waals surface area contributed by atoms with E-state index in [9.17, 15) is 0 Å². The van der Waals surface area contributed by atoms with E-state index in [4.69, 9.17) is 5.73 Å². The van der Waals surface area contributed by atoms with Gasteiger partial charge in [-0.15, -0.1) is 5.10 Å². The van der Waals surface area contributed by atoms with Crippen molar-refractivity contribution in [1.82, 2.24) is 20.1 Å². The molecule has 4 aromatic rings. The molecule has 0 saturated carbocycles. The van der Waals surface area contributed by atoms with Crippen LogP contribution in [-0.2, 0) is 12.8 Å². The number of rotatable bonds is 0. The highest BCUT2D eigenvalue weighted by atomic mass is 15.5. The third-order valence-electron chi connectivity index (χ3n) is 4.90. The Hall–Kier alpha value is -3.54. The molecule has 0 aliphatic carbocycles. The molecule has 2 aromatic carbocycles. The Labute approximate surface area is 150 Å². The van der Waals surface area contributed by atoms with E-state index < -0.39 is 0 Å². The number of nitrogens with two attached hydrogens (primary N) is 1. The number of hydrogen-bond acceptors (Lipinski definition) is 4. The average Bonchev–Trinajstić information content (AvgIpc) is 3.30. The highest BCUT2D eigenvalue weighted by Crippen LogP contribution is 2.31. The Morgan fingerprint density at radius 1 is 0.923 bits per heavy atom. The second-order valence-electron chi connectivity index (χ2n) is 6.47. The number of aryl methyl sites for hydroxylation is 2. The lowest BCUT2D eigenvalue weighted by atomic mass is 9.96. The van der Waals surface area contributed by atoms with Crippen molar-refractivity contribution < 1.29 is 0 Å². The molecule has 6 heteroatoms. The van der Waals surface area contributed by atoms with Gasteiger partial charge in [0.15, 0.2) is 5.82 Å². The van der Waals surface area contributed by atoms with E-state index in [2.05, 4.69) is 57.2 Å². The fourth-order valence-electron chi connectivity index (χ4n) is 3.55. The first-order chi connectivity index (χ1) is 12.8. The summed E-state index contributed by atoms with van der Waals surface area (Å²) in [6, 6.07) is 18.7. The summed E-state index contributed by atoms with van der Waals surface area (Å²) in [5.41, 5.74) is 16.9. The summed E-state index contributed by atoms with van der Waals surface area (Å²) in [6.45, 7) is 0. The zero-order chi connectivity index (χ0) is 17.5. The molecule has 6 nitrogen and oxygen atoms in total. The second-order valence-corrected chi connectivity index (χ2v) is 6.47. The van der Waals surface area contributed by atoms with Crippen molar-refractivity contribution in [2.45, 2.75) is 12.8 Å². The minimum absolute atomic E-state index is 0.677. The topological polar surface area (TPSA) is 84.5 Å². The number of anilines is 2. The number of aromatic amines is 1. The molecule has 3 heterocycles. The standard InChI is InChI=1S/C20H18N6/c21-17-10-9-15-12-14(17)8-7-13-4-1-2-5-16(13)18-6-3-11-26(18)24-20-19(15)22-25-23-20/h1-6,9-12H,7-8,21H2,(H2,22,23,24,25). The lowest BCUT2D eigenvalue weighted by Gasteiger charge is -2.16. The van der Waals surface area contributed by atoms with E-state index >= 15 is 0 Å². The Kier molecular flexibility index (Phi) is 3.28. The van der Waals surface area contributed by atoms with Gasteiger partial charge in [0.05, 0.1) is 5.69 Å². The zero-order valence-electron chi connectivity index (χ0n) is 14.1. The van der Waals surface area contributed by atoms with Gasteiger partial charge in [0.25, 0.3) is 0 Å². The number of benzene rings is 2. The maximum Gasteiger partial charge on any atom is 0.195 e. The van der Waals surface area contributed by atoms with Crippen LogP contribution in [0.2, 0.25) is 0 Å². The second kappa shape index (κ2) is 5.77. The lowest BCUT2D eigenvalue weighted by molar-refractivity contribution is 0.913. The van der Waals surface area contributed by atoms with E-state index in [1.807, 2.05) is 29.1 Å². The highest BCUT2D eigenvalue weighted by molar-refractivity contribution is 5.74. The van der Waals surface area contributed by atoms with Crippen LogP contribution in [-0.4, -0.2) is 20.1 Å². The molecule has 1 aliphatic rings. The Bertz CT molecular complexity index is 1090. The number of fused-ring (bicyclic) bond motifs is 7. The first kappa shape index (κ1) is 14.8. The van der Waals surface area contributed by atoms with Gasteiger partial charge in [-0.3, -0.25) is 10.1 Å². The Balaban J connectivity index is 1.74. The quantitative estimate of drug-likeness (QED) is 0.427. The van der Waals surface area contributed by atoms with Crippen LogP contribution in [0.5, 0.6) is 0 Å². The molecular weight excluding hydrogens is 324 g/mol. The van der Waals surface area contributed by atoms with E-state index in [1.54, 1.807) is 0 Å². The van der Waals surface area contributed by atoms with Gasteiger partial charge in [0.2, 0.25) is 0 Å². The summed E-state index contributed by atoms with van der Waals surface area (Å²) >= 11 is 0. The van der Waals surface area contributed by atoms with Crippen LogP contribution < -0.4 is 11.2 Å². The maximum atomic E-state index is 6.23. The van der Waals surface area contributed by atoms with Gasteiger partial charge in [-0.05, 0) is 48.2 Å². The smallest absolute Gasteiger partial charge is 0.195 e. The fraction of sp³-hybridized carbons (Fsp3) is 0.100. The summed E-state index contributed by atoms with van der Waals surface area (Å²) in [7, 11) is 0. The van der Waals surface area contributed by atoms with E-state index in [0.717, 1.165) is 41.0 Å². The SMILES string of the molecule is Nc1ccc2cc1CCc1ccccc1-c1cccn1Nc1n[nH]nc1-2. The normalized spacial score (nSPS) is 12.8. The van der Waals surface area contributed by atoms with Crippen LogP contribution >= 0.6 is 0 Å². The van der Waals surface area contributed by atoms with Crippen molar-refractivity contribution in [2.24, 2.45) is 0 Å². The summed E-state index contributed by atoms with van der Waals surface area (Å²) in [4.78, 5) is 0. The molecule has 0 spiro atoms. The summed E-state index contributed by atoms with van der Waals surface area (Å²) in [5, 5.41) is 11.4. The molecule has 128 valence electrons. The number of nitrogens with one attached hydrogen (secondary N) is 2. The summed E-state index contributed by atoms with van der Waals surface area (Å²) < 4.78 is 1.99. The van der Waals surface area contributed by atoms with Gasteiger partial charge in [-0.2, -0.15) is 10.3 Å². The number of nitrogens with zero attached hydrogens (tertiary/aromatic N) is 3. The molecule has 1 aliphatic heterocycles. The highest BCUT2D eigenvalue weighted by Gasteiger charge is 2.16. The molecule has 26 heavy (non-hydrogen) atoms. The molecule has 5 rings (SSSR count). The summed E-state index contributed by atoms with van der Waals surface area (Å²) in [6.07, 6.45) is 3.78. The van der Waals surface area contributed by atoms with Crippen molar-refractivity contribution >= 4 is 11.5 Å². The van der Waals surface area contributed by atoms with Crippen molar-refractivity contribution in [3.63, 3.8) is 0 Å². The van der Waals surface area contributed by atoms with Gasteiger partial charge < -0.3 is 5.73 Å². The molecule has 2 aromatic heterocycles. The first-order valence-electron chi connectivity index (χ1n) is 8.62. The van der Waals surface area contributed by atoms with Crippen molar-refractivity contribution in [3.05, 3.63) is 71.9 Å². The van der Waals surface area contributed by atoms with E-state index in [0.29, 0.717) is 5.82 Å². The van der Waals surface area contributed by atoms with Crippen LogP contribution in [0.3, 0.4) is 0 Å². The minimum Gasteiger partial charge on any atom is -0.399 e. The summed E-state index contributed by atoms with van der Waals surface area (Å²) in [5.74, 6) is 0.677. The number of hydrogen-bond donors (Lipinski definition) is 3. The van der Waals surface area contributed by atoms with Gasteiger partial charge in [-0.25, -0.2) is 0 Å². The Morgan fingerprint density at radius 2 is 1.81 bits per heavy atom. The number of aromatic nitrogens is 4. The minimum atomic E-state index is 0.677. The van der Waals surface area contributed by atoms with E-state index in [-0.39, 0.29) is 0 Å². The molecule has 2 bridgehead atoms. The van der Waals surface area contributed by atoms with Crippen molar-refractivity contribution in [3.8, 4) is 22.5 Å². The molecular formula is C20H18N6. The van der Waals surface area contributed by atoms with Crippen molar-refractivity contribution in [1.29, 1.82) is 0 Å². The monoisotopic (exact) mass is 342 g/mol. The predicted molar refractivity (Wildman–Crippen MR) is 103 cm³/mol. The number of nitrogen functional groups attached to an aromatic ring is 1. The van der Waals surface area contributed by atoms with E-state index in [1.165, 1.54) is 11.1 Å². The third kappa shape index (κ3) is 2.35. The van der Waals surface area contributed by atoms with Gasteiger partial charge in [0.1, 0.15) is 5.69 Å². The van der Waals surface area contributed by atoms with Crippen molar-refractivity contribution in [2.75, 3.05) is 11.2 Å². The zero-order valence-corrected chi connectivity index (χ0v) is 14.1. The van der Waals surface area contributed by atoms with Gasteiger partial charge in [-0.1, -0.05) is 30.3 Å². The van der Waals surface area contributed by atoms with Gasteiger partial charge in [0, 0.05) is 23.0 Å². The number of H-pyrrole nitrogens is 1. The molecule has 0 radical (unpaired) electrons. The lowest BCUT2D eigenvalue weighted by Crippen LogP contribution is -2.11. The Morgan fingerprint density at radius 3 is 2.77 bits per heavy atom. The molecule has 0 amide bonds. The maximum absolute atomic E-state index is 6.23. The van der Waals surface area contributed by atoms with Crippen LogP contribution in [0.4, 0.5) is 11.5 Å². The first-order valence-corrected chi connectivity index (χ1v) is 8.62. The van der Waals surface area contributed by atoms with Crippen LogP contribution in [0.1, 0.15) is 11.1 Å². The predicted octanol–water partition coefficient (Wildman–Crippen LogP) is 3.50. The fourth-order valence-corrected chi connectivity index (χ4v) is 3.55. The molecule has 0 fully saturated rings. The molecule has 4 N–H and O–H groups in total. The average molecular weight is 342 g/mol. The molecule has 0 unspecified atom stereocenters. The van der Waals surface area contributed by atoms with Crippen LogP contribution in [0, 0.1) is 0 Å². The van der Waals surface area contributed by atoms with Crippen LogP contribution in [0.15, 0.2) is 60.8 Å². The molecule has 0 saturated heterocycles. The van der Waals surface area contributed by atoms with Gasteiger partial charge >= 0.3 is 0 Å². The van der Waals surface area contributed by atoms with Crippen LogP contribution in [0.25, 0.3) is 22.5 Å². The molecule has 0 atom stereocenters.